The highest BCUT2D eigenvalue weighted by Gasteiger charge is 2.44. The second-order valence-corrected chi connectivity index (χ2v) is 4.60. The van der Waals surface area contributed by atoms with E-state index in [0.29, 0.717) is 0 Å². The Morgan fingerprint density at radius 1 is 1.42 bits per heavy atom. The first kappa shape index (κ1) is 8.36. The monoisotopic (exact) mass is 228 g/mol. The molecule has 0 saturated carbocycles. The van der Waals surface area contributed by atoms with Crippen LogP contribution in [0.25, 0.3) is 0 Å². The average Bonchev–Trinajstić information content (AvgIpc) is 2.07. The van der Waals surface area contributed by atoms with Gasteiger partial charge in [0.05, 0.1) is 0 Å². The molecule has 3 rings (SSSR count). The SMILES string of the molecule is CC12C=CC(C)(CC1)C(=CBr)O2. The zero-order valence-electron chi connectivity index (χ0n) is 7.43. The molecule has 0 aromatic carbocycles. The van der Waals surface area contributed by atoms with Gasteiger partial charge in [-0.15, -0.1) is 0 Å². The van der Waals surface area contributed by atoms with Crippen molar-refractivity contribution in [1.29, 1.82) is 0 Å². The Hall–Kier alpha value is -0.240. The lowest BCUT2D eigenvalue weighted by Gasteiger charge is -2.47. The van der Waals surface area contributed by atoms with E-state index in [4.69, 9.17) is 4.74 Å². The maximum atomic E-state index is 5.85. The fraction of sp³-hybridized carbons (Fsp3) is 0.600. The first-order valence-electron chi connectivity index (χ1n) is 4.28. The summed E-state index contributed by atoms with van der Waals surface area (Å²) in [5.74, 6) is 1.07. The summed E-state index contributed by atoms with van der Waals surface area (Å²) in [6.07, 6.45) is 6.78. The first-order chi connectivity index (χ1) is 5.58. The smallest absolute Gasteiger partial charge is 0.124 e. The lowest BCUT2D eigenvalue weighted by Crippen LogP contribution is -2.42. The minimum absolute atomic E-state index is 0.0443. The van der Waals surface area contributed by atoms with Gasteiger partial charge in [0.15, 0.2) is 0 Å². The highest BCUT2D eigenvalue weighted by atomic mass is 79.9. The molecule has 2 heteroatoms. The van der Waals surface area contributed by atoms with Crippen LogP contribution in [0.15, 0.2) is 22.9 Å². The zero-order chi connectivity index (χ0) is 8.82. The van der Waals surface area contributed by atoms with Gasteiger partial charge in [-0.3, -0.25) is 0 Å². The molecular weight excluding hydrogens is 216 g/mol. The van der Waals surface area contributed by atoms with Crippen LogP contribution in [0.3, 0.4) is 0 Å². The molecule has 2 unspecified atom stereocenters. The number of halogens is 1. The van der Waals surface area contributed by atoms with Crippen LogP contribution in [0, 0.1) is 5.41 Å². The van der Waals surface area contributed by atoms with Crippen molar-refractivity contribution in [2.24, 2.45) is 5.41 Å². The number of fused-ring (bicyclic) bond motifs is 2. The van der Waals surface area contributed by atoms with Crippen molar-refractivity contribution in [1.82, 2.24) is 0 Å². The first-order valence-corrected chi connectivity index (χ1v) is 5.20. The Kier molecular flexibility index (Phi) is 1.66. The molecule has 0 radical (unpaired) electrons. The van der Waals surface area contributed by atoms with Gasteiger partial charge in [-0.1, -0.05) is 22.0 Å². The summed E-state index contributed by atoms with van der Waals surface area (Å²) >= 11 is 3.35. The second-order valence-electron chi connectivity index (χ2n) is 4.14. The summed E-state index contributed by atoms with van der Waals surface area (Å²) < 4.78 is 5.85. The third kappa shape index (κ3) is 1.05. The quantitative estimate of drug-likeness (QED) is 0.578. The molecule has 0 amide bonds. The van der Waals surface area contributed by atoms with Gasteiger partial charge in [-0.2, -0.15) is 0 Å². The number of rotatable bonds is 0. The number of allylic oxidation sites excluding steroid dienone is 1. The van der Waals surface area contributed by atoms with E-state index in [-0.39, 0.29) is 11.0 Å². The molecule has 1 fully saturated rings. The summed E-state index contributed by atoms with van der Waals surface area (Å²) in [6.45, 7) is 4.36. The number of ether oxygens (including phenoxy) is 1. The highest BCUT2D eigenvalue weighted by molar-refractivity contribution is 9.11. The van der Waals surface area contributed by atoms with Crippen LogP contribution in [0.2, 0.25) is 0 Å². The molecule has 3 aliphatic rings. The molecule has 2 heterocycles. The maximum Gasteiger partial charge on any atom is 0.124 e. The normalized spacial score (nSPS) is 48.1. The van der Waals surface area contributed by atoms with E-state index in [1.807, 2.05) is 4.99 Å². The Morgan fingerprint density at radius 3 is 2.58 bits per heavy atom. The molecule has 0 aromatic rings. The standard InChI is InChI=1S/C10H13BrO/c1-9-3-5-10(2,6-4-9)12-8(9)7-11/h3,5,7H,4,6H2,1-2H3. The van der Waals surface area contributed by atoms with Gasteiger partial charge < -0.3 is 4.74 Å². The van der Waals surface area contributed by atoms with Gasteiger partial charge in [0.25, 0.3) is 0 Å². The van der Waals surface area contributed by atoms with Crippen LogP contribution in [0.1, 0.15) is 26.7 Å². The summed E-state index contributed by atoms with van der Waals surface area (Å²) in [5, 5.41) is 0. The van der Waals surface area contributed by atoms with E-state index >= 15 is 0 Å². The molecule has 0 N–H and O–H groups in total. The van der Waals surface area contributed by atoms with Gasteiger partial charge in [-0.05, 0) is 32.8 Å². The van der Waals surface area contributed by atoms with Gasteiger partial charge >= 0.3 is 0 Å². The summed E-state index contributed by atoms with van der Waals surface area (Å²) in [6, 6.07) is 0. The fourth-order valence-electron chi connectivity index (χ4n) is 1.84. The van der Waals surface area contributed by atoms with E-state index in [1.165, 1.54) is 6.42 Å². The third-order valence-electron chi connectivity index (χ3n) is 2.95. The van der Waals surface area contributed by atoms with Crippen molar-refractivity contribution < 1.29 is 4.74 Å². The molecule has 12 heavy (non-hydrogen) atoms. The van der Waals surface area contributed by atoms with E-state index in [0.717, 1.165) is 12.2 Å². The molecule has 1 nitrogen and oxygen atoms in total. The van der Waals surface area contributed by atoms with Crippen molar-refractivity contribution in [3.05, 3.63) is 22.9 Å². The zero-order valence-corrected chi connectivity index (χ0v) is 9.02. The van der Waals surface area contributed by atoms with Crippen molar-refractivity contribution in [2.45, 2.75) is 32.3 Å². The van der Waals surface area contributed by atoms with Crippen molar-refractivity contribution in [3.8, 4) is 0 Å². The Bertz CT molecular complexity index is 269. The number of hydrogen-bond acceptors (Lipinski definition) is 1. The minimum atomic E-state index is -0.0443. The molecule has 2 bridgehead atoms. The summed E-state index contributed by atoms with van der Waals surface area (Å²) in [4.78, 5) is 1.91. The summed E-state index contributed by atoms with van der Waals surface area (Å²) in [5.41, 5.74) is 0.0959. The molecule has 0 spiro atoms. The summed E-state index contributed by atoms with van der Waals surface area (Å²) in [7, 11) is 0. The molecule has 1 aliphatic carbocycles. The van der Waals surface area contributed by atoms with Crippen molar-refractivity contribution in [3.63, 3.8) is 0 Å². The maximum absolute atomic E-state index is 5.85. The van der Waals surface area contributed by atoms with Crippen LogP contribution in [0.5, 0.6) is 0 Å². The Morgan fingerprint density at radius 2 is 2.17 bits per heavy atom. The predicted molar refractivity (Wildman–Crippen MR) is 53.0 cm³/mol. The second kappa shape index (κ2) is 2.38. The van der Waals surface area contributed by atoms with Crippen molar-refractivity contribution in [2.75, 3.05) is 0 Å². The topological polar surface area (TPSA) is 9.23 Å². The molecule has 0 aromatic heterocycles. The van der Waals surface area contributed by atoms with Crippen molar-refractivity contribution >= 4 is 15.9 Å². The van der Waals surface area contributed by atoms with E-state index in [2.05, 4.69) is 41.9 Å². The lowest BCUT2D eigenvalue weighted by molar-refractivity contribution is -0.0315. The molecule has 1 saturated heterocycles. The Labute approximate surface area is 81.6 Å². The van der Waals surface area contributed by atoms with Gasteiger partial charge in [0.1, 0.15) is 11.4 Å². The van der Waals surface area contributed by atoms with E-state index in [1.54, 1.807) is 0 Å². The van der Waals surface area contributed by atoms with Gasteiger partial charge in [0.2, 0.25) is 0 Å². The van der Waals surface area contributed by atoms with Crippen LogP contribution < -0.4 is 0 Å². The average molecular weight is 229 g/mol. The largest absolute Gasteiger partial charge is 0.486 e. The number of hydrogen-bond donors (Lipinski definition) is 0. The van der Waals surface area contributed by atoms with Crippen LogP contribution in [-0.4, -0.2) is 5.60 Å². The lowest BCUT2D eigenvalue weighted by atomic mass is 9.72. The Balaban J connectivity index is 2.44. The molecular formula is C10H13BrO. The van der Waals surface area contributed by atoms with Crippen LogP contribution in [0.4, 0.5) is 0 Å². The minimum Gasteiger partial charge on any atom is -0.486 e. The van der Waals surface area contributed by atoms with Gasteiger partial charge in [-0.25, -0.2) is 0 Å². The van der Waals surface area contributed by atoms with Crippen LogP contribution >= 0.6 is 15.9 Å². The fourth-order valence-corrected chi connectivity index (χ4v) is 2.46. The highest BCUT2D eigenvalue weighted by Crippen LogP contribution is 2.49. The molecule has 2 atom stereocenters. The third-order valence-corrected chi connectivity index (χ3v) is 3.37. The predicted octanol–water partition coefficient (Wildman–Crippen LogP) is 3.37. The molecule has 2 aliphatic heterocycles. The van der Waals surface area contributed by atoms with Gasteiger partial charge in [0, 0.05) is 10.4 Å². The van der Waals surface area contributed by atoms with Crippen LogP contribution in [-0.2, 0) is 4.74 Å². The molecule has 66 valence electrons. The van der Waals surface area contributed by atoms with E-state index < -0.39 is 0 Å². The van der Waals surface area contributed by atoms with E-state index in [9.17, 15) is 0 Å².